The number of hydrogen-bond donors (Lipinski definition) is 1. The van der Waals surface area contributed by atoms with Gasteiger partial charge in [0.05, 0.1) is 0 Å². The van der Waals surface area contributed by atoms with E-state index in [4.69, 9.17) is 5.73 Å². The van der Waals surface area contributed by atoms with Gasteiger partial charge in [-0.25, -0.2) is 0 Å². The Morgan fingerprint density at radius 1 is 1.20 bits per heavy atom. The van der Waals surface area contributed by atoms with Crippen LogP contribution in [0.5, 0.6) is 0 Å². The molecular formula is C17H34N2S. The number of nitrogens with two attached hydrogens (primary N) is 1. The highest BCUT2D eigenvalue weighted by Crippen LogP contribution is 2.42. The first kappa shape index (κ1) is 16.6. The lowest BCUT2D eigenvalue weighted by Crippen LogP contribution is -2.55. The predicted octanol–water partition coefficient (Wildman–Crippen LogP) is 3.75. The maximum Gasteiger partial charge on any atom is 0.0332 e. The molecule has 0 aromatic rings. The monoisotopic (exact) mass is 298 g/mol. The topological polar surface area (TPSA) is 29.3 Å². The third-order valence-electron chi connectivity index (χ3n) is 5.96. The second kappa shape index (κ2) is 6.58. The molecule has 1 saturated heterocycles. The maximum absolute atomic E-state index is 6.28. The fourth-order valence-corrected chi connectivity index (χ4v) is 5.44. The number of rotatable bonds is 3. The Bertz CT molecular complexity index is 307. The molecule has 2 aliphatic rings. The van der Waals surface area contributed by atoms with Crippen molar-refractivity contribution in [3.63, 3.8) is 0 Å². The normalized spacial score (nSPS) is 36.3. The quantitative estimate of drug-likeness (QED) is 0.805. The van der Waals surface area contributed by atoms with Crippen molar-refractivity contribution in [3.8, 4) is 0 Å². The first-order valence-electron chi connectivity index (χ1n) is 8.40. The van der Waals surface area contributed by atoms with Crippen LogP contribution in [0, 0.1) is 11.3 Å². The third kappa shape index (κ3) is 3.53. The molecule has 0 aromatic carbocycles. The molecule has 0 amide bonds. The van der Waals surface area contributed by atoms with Crippen LogP contribution >= 0.6 is 11.8 Å². The molecule has 1 aliphatic carbocycles. The zero-order valence-corrected chi connectivity index (χ0v) is 14.8. The first-order valence-corrected chi connectivity index (χ1v) is 9.55. The summed E-state index contributed by atoms with van der Waals surface area (Å²) in [5.41, 5.74) is 7.01. The van der Waals surface area contributed by atoms with Crippen LogP contribution in [0.4, 0.5) is 0 Å². The molecule has 0 bridgehead atoms. The van der Waals surface area contributed by atoms with Crippen LogP contribution in [0.2, 0.25) is 0 Å². The molecule has 0 aromatic heterocycles. The van der Waals surface area contributed by atoms with Crippen LogP contribution in [0.25, 0.3) is 0 Å². The molecular weight excluding hydrogens is 264 g/mol. The Morgan fingerprint density at radius 2 is 1.95 bits per heavy atom. The minimum absolute atomic E-state index is 0.273. The van der Waals surface area contributed by atoms with E-state index in [9.17, 15) is 0 Å². The minimum atomic E-state index is 0.273. The van der Waals surface area contributed by atoms with Gasteiger partial charge < -0.3 is 5.73 Å². The number of hydrogen-bond acceptors (Lipinski definition) is 3. The smallest absolute Gasteiger partial charge is 0.0332 e. The lowest BCUT2D eigenvalue weighted by atomic mass is 9.76. The number of likely N-dealkylation sites (N-methyl/N-ethyl adjacent to an activating group) is 1. The zero-order chi connectivity index (χ0) is 14.8. The molecule has 2 nitrogen and oxygen atoms in total. The van der Waals surface area contributed by atoms with E-state index in [1.54, 1.807) is 0 Å². The van der Waals surface area contributed by atoms with Gasteiger partial charge >= 0.3 is 0 Å². The minimum Gasteiger partial charge on any atom is -0.329 e. The van der Waals surface area contributed by atoms with Gasteiger partial charge in [0, 0.05) is 23.9 Å². The van der Waals surface area contributed by atoms with Gasteiger partial charge in [0.15, 0.2) is 0 Å². The lowest BCUT2D eigenvalue weighted by molar-refractivity contribution is 0.0691. The summed E-state index contributed by atoms with van der Waals surface area (Å²) in [5.74, 6) is 3.50. The van der Waals surface area contributed by atoms with Crippen LogP contribution in [-0.2, 0) is 0 Å². The molecule has 3 heteroatoms. The van der Waals surface area contributed by atoms with E-state index < -0.39 is 0 Å². The summed E-state index contributed by atoms with van der Waals surface area (Å²) in [7, 11) is 2.35. The van der Waals surface area contributed by atoms with Gasteiger partial charge in [-0.1, -0.05) is 27.2 Å². The van der Waals surface area contributed by atoms with E-state index in [1.165, 1.54) is 50.0 Å². The summed E-state index contributed by atoms with van der Waals surface area (Å²) in [6.45, 7) is 8.06. The highest BCUT2D eigenvalue weighted by atomic mass is 32.2. The molecule has 20 heavy (non-hydrogen) atoms. The SMILES string of the molecule is CN(C1CCSC1)C1(CN)CCCC(C(C)(C)C)CC1. The van der Waals surface area contributed by atoms with Crippen molar-refractivity contribution in [2.24, 2.45) is 17.1 Å². The predicted molar refractivity (Wildman–Crippen MR) is 91.3 cm³/mol. The van der Waals surface area contributed by atoms with Crippen molar-refractivity contribution in [1.29, 1.82) is 0 Å². The summed E-state index contributed by atoms with van der Waals surface area (Å²) in [4.78, 5) is 2.68. The summed E-state index contributed by atoms with van der Waals surface area (Å²) < 4.78 is 0. The second-order valence-electron chi connectivity index (χ2n) is 8.05. The van der Waals surface area contributed by atoms with Crippen molar-refractivity contribution in [2.75, 3.05) is 25.1 Å². The van der Waals surface area contributed by atoms with Gasteiger partial charge in [0.2, 0.25) is 0 Å². The third-order valence-corrected chi connectivity index (χ3v) is 7.10. The number of nitrogens with zero attached hydrogens (tertiary/aromatic N) is 1. The van der Waals surface area contributed by atoms with E-state index >= 15 is 0 Å². The molecule has 0 spiro atoms. The van der Waals surface area contributed by atoms with Crippen LogP contribution in [0.1, 0.15) is 59.3 Å². The van der Waals surface area contributed by atoms with Crippen molar-refractivity contribution in [3.05, 3.63) is 0 Å². The van der Waals surface area contributed by atoms with E-state index in [1.807, 2.05) is 0 Å². The van der Waals surface area contributed by atoms with Gasteiger partial charge in [-0.05, 0) is 56.2 Å². The fraction of sp³-hybridized carbons (Fsp3) is 1.00. The Hall–Kier alpha value is 0.270. The molecule has 1 heterocycles. The summed E-state index contributed by atoms with van der Waals surface area (Å²) in [5, 5.41) is 0. The Balaban J connectivity index is 2.07. The summed E-state index contributed by atoms with van der Waals surface area (Å²) in [6, 6.07) is 0.759. The van der Waals surface area contributed by atoms with E-state index in [2.05, 4.69) is 44.5 Å². The summed E-state index contributed by atoms with van der Waals surface area (Å²) >= 11 is 2.11. The molecule has 2 rings (SSSR count). The van der Waals surface area contributed by atoms with Gasteiger partial charge in [0.25, 0.3) is 0 Å². The van der Waals surface area contributed by atoms with Crippen molar-refractivity contribution in [2.45, 2.75) is 70.9 Å². The zero-order valence-electron chi connectivity index (χ0n) is 14.0. The highest BCUT2D eigenvalue weighted by Gasteiger charge is 2.41. The van der Waals surface area contributed by atoms with Crippen molar-refractivity contribution in [1.82, 2.24) is 4.90 Å². The standard InChI is InChI=1S/C17H34N2S/c1-16(2,3)14-6-5-9-17(13-18,10-7-14)19(4)15-8-11-20-12-15/h14-15H,5-13,18H2,1-4H3. The Labute approximate surface area is 130 Å². The van der Waals surface area contributed by atoms with Crippen LogP contribution in [0.15, 0.2) is 0 Å². The van der Waals surface area contributed by atoms with E-state index in [0.29, 0.717) is 5.41 Å². The van der Waals surface area contributed by atoms with Crippen LogP contribution in [0.3, 0.4) is 0 Å². The molecule has 0 radical (unpaired) electrons. The van der Waals surface area contributed by atoms with E-state index in [-0.39, 0.29) is 5.54 Å². The Kier molecular flexibility index (Phi) is 5.47. The lowest BCUT2D eigenvalue weighted by Gasteiger charge is -2.44. The largest absolute Gasteiger partial charge is 0.329 e. The average molecular weight is 299 g/mol. The number of thioether (sulfide) groups is 1. The maximum atomic E-state index is 6.28. The van der Waals surface area contributed by atoms with Crippen LogP contribution < -0.4 is 5.73 Å². The molecule has 3 atom stereocenters. The molecule has 2 fully saturated rings. The average Bonchev–Trinajstić information content (AvgIpc) is 2.82. The fourth-order valence-electron chi connectivity index (χ4n) is 4.17. The van der Waals surface area contributed by atoms with Crippen molar-refractivity contribution < 1.29 is 0 Å². The first-order chi connectivity index (χ1) is 9.39. The van der Waals surface area contributed by atoms with Crippen molar-refractivity contribution >= 4 is 11.8 Å². The van der Waals surface area contributed by atoms with E-state index in [0.717, 1.165) is 18.5 Å². The molecule has 118 valence electrons. The molecule has 1 aliphatic heterocycles. The molecule has 1 saturated carbocycles. The van der Waals surface area contributed by atoms with Gasteiger partial charge in [-0.15, -0.1) is 0 Å². The molecule has 2 N–H and O–H groups in total. The van der Waals surface area contributed by atoms with Crippen LogP contribution in [-0.4, -0.2) is 41.6 Å². The highest BCUT2D eigenvalue weighted by molar-refractivity contribution is 7.99. The Morgan fingerprint density at radius 3 is 2.50 bits per heavy atom. The van der Waals surface area contributed by atoms with Gasteiger partial charge in [-0.3, -0.25) is 4.90 Å². The molecule has 3 unspecified atom stereocenters. The second-order valence-corrected chi connectivity index (χ2v) is 9.20. The van der Waals surface area contributed by atoms with Gasteiger partial charge in [-0.2, -0.15) is 11.8 Å². The summed E-state index contributed by atoms with van der Waals surface area (Å²) in [6.07, 6.45) is 8.04. The van der Waals surface area contributed by atoms with Gasteiger partial charge in [0.1, 0.15) is 0 Å².